The van der Waals surface area contributed by atoms with Crippen LogP contribution in [0, 0.1) is 10.1 Å². The fourth-order valence-corrected chi connectivity index (χ4v) is 2.24. The van der Waals surface area contributed by atoms with Crippen molar-refractivity contribution in [2.75, 3.05) is 23.1 Å². The second kappa shape index (κ2) is 6.34. The maximum absolute atomic E-state index is 10.7. The Labute approximate surface area is 105 Å². The van der Waals surface area contributed by atoms with E-state index >= 15 is 0 Å². The Hall–Kier alpha value is -1.43. The summed E-state index contributed by atoms with van der Waals surface area (Å²) in [7, 11) is 0. The molecule has 1 aromatic carbocycles. The lowest BCUT2D eigenvalue weighted by Gasteiger charge is -2.17. The minimum atomic E-state index is -0.433. The SMILES string of the molecule is CCC(CSC)Nc1cc(N)cc([N+](=O)[O-])c1. The Bertz CT molecular complexity index is 398. The first-order chi connectivity index (χ1) is 8.06. The van der Waals surface area contributed by atoms with E-state index in [9.17, 15) is 10.1 Å². The summed E-state index contributed by atoms with van der Waals surface area (Å²) >= 11 is 1.74. The smallest absolute Gasteiger partial charge is 0.273 e. The van der Waals surface area contributed by atoms with Crippen LogP contribution in [0.5, 0.6) is 0 Å². The molecule has 0 aliphatic rings. The normalized spacial score (nSPS) is 12.1. The van der Waals surface area contributed by atoms with Crippen molar-refractivity contribution in [3.05, 3.63) is 28.3 Å². The molecule has 0 aromatic heterocycles. The van der Waals surface area contributed by atoms with Gasteiger partial charge >= 0.3 is 0 Å². The van der Waals surface area contributed by atoms with E-state index in [0.29, 0.717) is 17.4 Å². The minimum absolute atomic E-state index is 0.0199. The molecule has 6 heteroatoms. The van der Waals surface area contributed by atoms with Crippen LogP contribution in [0.3, 0.4) is 0 Å². The zero-order chi connectivity index (χ0) is 12.8. The topological polar surface area (TPSA) is 81.2 Å². The fourth-order valence-electron chi connectivity index (χ4n) is 1.52. The van der Waals surface area contributed by atoms with Gasteiger partial charge in [-0.1, -0.05) is 6.92 Å². The fraction of sp³-hybridized carbons (Fsp3) is 0.455. The molecule has 1 aromatic rings. The molecule has 0 fully saturated rings. The van der Waals surface area contributed by atoms with Gasteiger partial charge in [0.15, 0.2) is 0 Å². The predicted molar refractivity (Wildman–Crippen MR) is 73.6 cm³/mol. The predicted octanol–water partition coefficient (Wildman–Crippen LogP) is 2.73. The standard InChI is InChI=1S/C11H17N3O2S/c1-3-9(7-17-2)13-10-4-8(12)5-11(6-10)14(15)16/h4-6,9,13H,3,7,12H2,1-2H3. The highest BCUT2D eigenvalue weighted by Gasteiger charge is 2.11. The van der Waals surface area contributed by atoms with E-state index in [2.05, 4.69) is 12.2 Å². The number of nitrogens with two attached hydrogens (primary N) is 1. The molecule has 17 heavy (non-hydrogen) atoms. The van der Waals surface area contributed by atoms with Gasteiger partial charge in [-0.2, -0.15) is 11.8 Å². The first-order valence-electron chi connectivity index (χ1n) is 5.37. The highest BCUT2D eigenvalue weighted by molar-refractivity contribution is 7.98. The zero-order valence-corrected chi connectivity index (χ0v) is 10.8. The van der Waals surface area contributed by atoms with E-state index in [-0.39, 0.29) is 5.69 Å². The second-order valence-electron chi connectivity index (χ2n) is 3.78. The van der Waals surface area contributed by atoms with Crippen LogP contribution in [-0.2, 0) is 0 Å². The van der Waals surface area contributed by atoms with Crippen molar-refractivity contribution >= 4 is 28.8 Å². The molecule has 0 aliphatic carbocycles. The molecule has 0 saturated heterocycles. The van der Waals surface area contributed by atoms with E-state index in [1.807, 2.05) is 6.26 Å². The molecule has 0 aliphatic heterocycles. The third kappa shape index (κ3) is 4.14. The third-order valence-electron chi connectivity index (χ3n) is 2.38. The van der Waals surface area contributed by atoms with E-state index in [1.165, 1.54) is 12.1 Å². The molecule has 0 heterocycles. The number of nitrogen functional groups attached to an aromatic ring is 1. The number of nitrogens with zero attached hydrogens (tertiary/aromatic N) is 1. The Morgan fingerprint density at radius 2 is 2.24 bits per heavy atom. The summed E-state index contributed by atoms with van der Waals surface area (Å²) in [5.74, 6) is 0.957. The van der Waals surface area contributed by atoms with E-state index < -0.39 is 4.92 Å². The molecule has 0 amide bonds. The van der Waals surface area contributed by atoms with Gasteiger partial charge in [0.05, 0.1) is 4.92 Å². The van der Waals surface area contributed by atoms with Crippen LogP contribution in [0.1, 0.15) is 13.3 Å². The molecule has 3 N–H and O–H groups in total. The molecule has 0 radical (unpaired) electrons. The van der Waals surface area contributed by atoms with Crippen LogP contribution in [-0.4, -0.2) is 23.0 Å². The second-order valence-corrected chi connectivity index (χ2v) is 4.69. The van der Waals surface area contributed by atoms with Crippen LogP contribution in [0.15, 0.2) is 18.2 Å². The number of thioether (sulfide) groups is 1. The summed E-state index contributed by atoms with van der Waals surface area (Å²) in [5, 5.41) is 14.0. The molecular weight excluding hydrogens is 238 g/mol. The highest BCUT2D eigenvalue weighted by atomic mass is 32.2. The molecule has 0 saturated carbocycles. The van der Waals surface area contributed by atoms with Crippen LogP contribution >= 0.6 is 11.8 Å². The van der Waals surface area contributed by atoms with Gasteiger partial charge in [-0.25, -0.2) is 0 Å². The first kappa shape index (κ1) is 13.6. The molecular formula is C11H17N3O2S. The number of benzene rings is 1. The van der Waals surface area contributed by atoms with Crippen molar-refractivity contribution in [3.63, 3.8) is 0 Å². The molecule has 5 nitrogen and oxygen atoms in total. The molecule has 1 rings (SSSR count). The molecule has 94 valence electrons. The maximum atomic E-state index is 10.7. The minimum Gasteiger partial charge on any atom is -0.398 e. The van der Waals surface area contributed by atoms with Crippen molar-refractivity contribution in [1.29, 1.82) is 0 Å². The number of rotatable bonds is 6. The Morgan fingerprint density at radius 1 is 1.53 bits per heavy atom. The van der Waals surface area contributed by atoms with Crippen LogP contribution < -0.4 is 11.1 Å². The third-order valence-corrected chi connectivity index (χ3v) is 3.12. The average molecular weight is 255 g/mol. The van der Waals surface area contributed by atoms with E-state index in [4.69, 9.17) is 5.73 Å². The van der Waals surface area contributed by atoms with Gasteiger partial charge in [-0.05, 0) is 18.7 Å². The van der Waals surface area contributed by atoms with Crippen molar-refractivity contribution in [2.24, 2.45) is 0 Å². The van der Waals surface area contributed by atoms with Crippen molar-refractivity contribution < 1.29 is 4.92 Å². The summed E-state index contributed by atoms with van der Waals surface area (Å²) in [6, 6.07) is 4.89. The van der Waals surface area contributed by atoms with E-state index in [1.54, 1.807) is 17.8 Å². The van der Waals surface area contributed by atoms with Gasteiger partial charge in [-0.3, -0.25) is 10.1 Å². The zero-order valence-electron chi connectivity index (χ0n) is 9.97. The molecule has 0 bridgehead atoms. The van der Waals surface area contributed by atoms with Crippen molar-refractivity contribution in [3.8, 4) is 0 Å². The van der Waals surface area contributed by atoms with Crippen molar-refractivity contribution in [1.82, 2.24) is 0 Å². The number of nitro groups is 1. The van der Waals surface area contributed by atoms with Gasteiger partial charge in [0.1, 0.15) is 0 Å². The average Bonchev–Trinajstić information content (AvgIpc) is 2.27. The number of hydrogen-bond acceptors (Lipinski definition) is 5. The lowest BCUT2D eigenvalue weighted by Crippen LogP contribution is -2.21. The molecule has 1 unspecified atom stereocenters. The largest absolute Gasteiger partial charge is 0.398 e. The lowest BCUT2D eigenvalue weighted by molar-refractivity contribution is -0.384. The number of non-ortho nitro benzene ring substituents is 1. The van der Waals surface area contributed by atoms with Crippen LogP contribution in [0.25, 0.3) is 0 Å². The Morgan fingerprint density at radius 3 is 2.76 bits per heavy atom. The van der Waals surface area contributed by atoms with Gasteiger partial charge in [0, 0.05) is 35.3 Å². The monoisotopic (exact) mass is 255 g/mol. The van der Waals surface area contributed by atoms with Crippen LogP contribution in [0.4, 0.5) is 17.1 Å². The summed E-state index contributed by atoms with van der Waals surface area (Å²) in [4.78, 5) is 10.3. The van der Waals surface area contributed by atoms with Gasteiger partial charge < -0.3 is 11.1 Å². The number of nitro benzene ring substituents is 1. The highest BCUT2D eigenvalue weighted by Crippen LogP contribution is 2.23. The number of nitrogens with one attached hydrogen (secondary N) is 1. The summed E-state index contributed by atoms with van der Waals surface area (Å²) in [6.07, 6.45) is 3.00. The summed E-state index contributed by atoms with van der Waals surface area (Å²) in [6.45, 7) is 2.08. The Balaban J connectivity index is 2.86. The quantitative estimate of drug-likeness (QED) is 0.464. The van der Waals surface area contributed by atoms with Gasteiger partial charge in [0.2, 0.25) is 0 Å². The summed E-state index contributed by atoms with van der Waals surface area (Å²) in [5.41, 5.74) is 6.77. The van der Waals surface area contributed by atoms with Crippen molar-refractivity contribution in [2.45, 2.75) is 19.4 Å². The first-order valence-corrected chi connectivity index (χ1v) is 6.76. The maximum Gasteiger partial charge on any atom is 0.273 e. The van der Waals surface area contributed by atoms with Crippen LogP contribution in [0.2, 0.25) is 0 Å². The number of hydrogen-bond donors (Lipinski definition) is 2. The Kier molecular flexibility index (Phi) is 5.09. The lowest BCUT2D eigenvalue weighted by atomic mass is 10.2. The molecule has 1 atom stereocenters. The van der Waals surface area contributed by atoms with Gasteiger partial charge in [0.25, 0.3) is 5.69 Å². The number of anilines is 2. The van der Waals surface area contributed by atoms with Gasteiger partial charge in [-0.15, -0.1) is 0 Å². The summed E-state index contributed by atoms with van der Waals surface area (Å²) < 4.78 is 0. The van der Waals surface area contributed by atoms with E-state index in [0.717, 1.165) is 12.2 Å². The molecule has 0 spiro atoms.